The van der Waals surface area contributed by atoms with Crippen LogP contribution in [-0.2, 0) is 24.7 Å². The van der Waals surface area contributed by atoms with Gasteiger partial charge in [0.1, 0.15) is 12.3 Å². The topological polar surface area (TPSA) is 110 Å². The molecule has 3 aromatic carbocycles. The van der Waals surface area contributed by atoms with Gasteiger partial charge in [-0.3, -0.25) is 9.10 Å². The van der Waals surface area contributed by atoms with Crippen molar-refractivity contribution in [2.45, 2.75) is 29.2 Å². The summed E-state index contributed by atoms with van der Waals surface area (Å²) in [5, 5.41) is 2.87. The number of benzene rings is 3. The van der Waals surface area contributed by atoms with Gasteiger partial charge in [-0.1, -0.05) is 37.3 Å². The first-order valence-corrected chi connectivity index (χ1v) is 14.2. The Hall–Kier alpha value is -3.37. The summed E-state index contributed by atoms with van der Waals surface area (Å²) in [6, 6.07) is 20.1. The fourth-order valence-electron chi connectivity index (χ4n) is 3.52. The number of sulfonamides is 1. The zero-order valence-electron chi connectivity index (χ0n) is 19.7. The van der Waals surface area contributed by atoms with Gasteiger partial charge >= 0.3 is 0 Å². The molecule has 10 heteroatoms. The maximum Gasteiger partial charge on any atom is 0.264 e. The lowest BCUT2D eigenvalue weighted by Gasteiger charge is -2.26. The second-order valence-electron chi connectivity index (χ2n) is 7.89. The zero-order valence-corrected chi connectivity index (χ0v) is 21.3. The number of nitrogens with zero attached hydrogens (tertiary/aromatic N) is 1. The Balaban J connectivity index is 1.88. The smallest absolute Gasteiger partial charge is 0.264 e. The van der Waals surface area contributed by atoms with Gasteiger partial charge in [0.05, 0.1) is 28.6 Å². The highest BCUT2D eigenvalue weighted by Gasteiger charge is 2.28. The summed E-state index contributed by atoms with van der Waals surface area (Å²) in [4.78, 5) is 13.3. The summed E-state index contributed by atoms with van der Waals surface area (Å²) in [5.74, 6) is 0.0539. The van der Waals surface area contributed by atoms with Crippen molar-refractivity contribution >= 4 is 31.5 Å². The molecule has 0 heterocycles. The van der Waals surface area contributed by atoms with Crippen molar-refractivity contribution in [2.24, 2.45) is 0 Å². The van der Waals surface area contributed by atoms with Crippen LogP contribution in [0.3, 0.4) is 0 Å². The van der Waals surface area contributed by atoms with E-state index < -0.39 is 38.4 Å². The van der Waals surface area contributed by atoms with E-state index in [1.165, 1.54) is 31.4 Å². The molecule has 3 rings (SSSR count). The zero-order chi connectivity index (χ0) is 25.6. The summed E-state index contributed by atoms with van der Waals surface area (Å²) >= 11 is 0. The molecule has 186 valence electrons. The number of ether oxygens (including phenoxy) is 1. The second-order valence-corrected chi connectivity index (χ2v) is 11.8. The van der Waals surface area contributed by atoms with E-state index in [0.717, 1.165) is 16.1 Å². The predicted octanol–water partition coefficient (Wildman–Crippen LogP) is 3.56. The van der Waals surface area contributed by atoms with Gasteiger partial charge in [-0.15, -0.1) is 0 Å². The van der Waals surface area contributed by atoms with E-state index in [0.29, 0.717) is 17.9 Å². The molecule has 0 saturated carbocycles. The van der Waals surface area contributed by atoms with Gasteiger partial charge in [0.2, 0.25) is 5.91 Å². The van der Waals surface area contributed by atoms with E-state index in [1.807, 2.05) is 6.92 Å². The molecule has 3 aromatic rings. The molecule has 0 radical (unpaired) electrons. The van der Waals surface area contributed by atoms with E-state index in [1.54, 1.807) is 54.6 Å². The highest BCUT2D eigenvalue weighted by atomic mass is 32.2. The number of amides is 1. The Morgan fingerprint density at radius 1 is 0.886 bits per heavy atom. The maximum atomic E-state index is 13.4. The summed E-state index contributed by atoms with van der Waals surface area (Å²) in [6.07, 6.45) is 1.65. The summed E-state index contributed by atoms with van der Waals surface area (Å²) in [6.45, 7) is 1.43. The van der Waals surface area contributed by atoms with Gasteiger partial charge in [-0.25, -0.2) is 16.8 Å². The molecule has 0 saturated heterocycles. The van der Waals surface area contributed by atoms with Crippen molar-refractivity contribution < 1.29 is 26.4 Å². The SMILES string of the molecule is CCC(NC(=O)CN(c1ccc(OC)cc1)S(=O)(=O)c1ccccc1)c1ccc(S(C)(=O)=O)cc1. The van der Waals surface area contributed by atoms with Gasteiger partial charge in [-0.2, -0.15) is 0 Å². The van der Waals surface area contributed by atoms with Crippen LogP contribution in [0.4, 0.5) is 5.69 Å². The van der Waals surface area contributed by atoms with E-state index >= 15 is 0 Å². The largest absolute Gasteiger partial charge is 0.497 e. The quantitative estimate of drug-likeness (QED) is 0.441. The Morgan fingerprint density at radius 2 is 1.49 bits per heavy atom. The average molecular weight is 517 g/mol. The molecule has 8 nitrogen and oxygen atoms in total. The summed E-state index contributed by atoms with van der Waals surface area (Å²) in [5.41, 5.74) is 1.03. The molecule has 0 bridgehead atoms. The first-order chi connectivity index (χ1) is 16.6. The van der Waals surface area contributed by atoms with E-state index in [4.69, 9.17) is 4.74 Å². The van der Waals surface area contributed by atoms with Crippen LogP contribution in [0.5, 0.6) is 5.75 Å². The van der Waals surface area contributed by atoms with E-state index in [9.17, 15) is 21.6 Å². The van der Waals surface area contributed by atoms with Crippen LogP contribution in [0.15, 0.2) is 88.7 Å². The van der Waals surface area contributed by atoms with Crippen LogP contribution in [0.2, 0.25) is 0 Å². The average Bonchev–Trinajstić information content (AvgIpc) is 2.86. The number of hydrogen-bond donors (Lipinski definition) is 1. The first kappa shape index (κ1) is 26.2. The van der Waals surface area contributed by atoms with Crippen molar-refractivity contribution in [3.8, 4) is 5.75 Å². The summed E-state index contributed by atoms with van der Waals surface area (Å²) in [7, 11) is -5.86. The molecule has 0 fully saturated rings. The highest BCUT2D eigenvalue weighted by molar-refractivity contribution is 7.93. The molecule has 0 aliphatic rings. The monoisotopic (exact) mass is 516 g/mol. The molecule has 0 spiro atoms. The lowest BCUT2D eigenvalue weighted by molar-refractivity contribution is -0.120. The van der Waals surface area contributed by atoms with E-state index in [2.05, 4.69) is 5.32 Å². The molecule has 0 aromatic heterocycles. The number of rotatable bonds is 10. The molecule has 0 aliphatic heterocycles. The van der Waals surface area contributed by atoms with Crippen molar-refractivity contribution in [2.75, 3.05) is 24.2 Å². The lowest BCUT2D eigenvalue weighted by Crippen LogP contribution is -2.42. The van der Waals surface area contributed by atoms with Crippen molar-refractivity contribution in [3.63, 3.8) is 0 Å². The minimum Gasteiger partial charge on any atom is -0.497 e. The van der Waals surface area contributed by atoms with Crippen LogP contribution in [-0.4, -0.2) is 42.7 Å². The van der Waals surface area contributed by atoms with Crippen LogP contribution in [0.1, 0.15) is 24.9 Å². The van der Waals surface area contributed by atoms with Crippen LogP contribution >= 0.6 is 0 Å². The van der Waals surface area contributed by atoms with Crippen molar-refractivity contribution in [3.05, 3.63) is 84.4 Å². The number of carbonyl (C=O) groups excluding carboxylic acids is 1. The number of sulfone groups is 1. The van der Waals surface area contributed by atoms with Gasteiger partial charge in [0, 0.05) is 6.26 Å². The standard InChI is InChI=1S/C25H28N2O6S2/c1-4-24(19-10-16-22(17-11-19)34(3,29)30)26-25(28)18-27(20-12-14-21(33-2)15-13-20)35(31,32)23-8-6-5-7-9-23/h5-17,24H,4,18H2,1-3H3,(H,26,28). The molecule has 0 aliphatic carbocycles. The van der Waals surface area contributed by atoms with Gasteiger partial charge < -0.3 is 10.1 Å². The number of hydrogen-bond acceptors (Lipinski definition) is 6. The highest BCUT2D eigenvalue weighted by Crippen LogP contribution is 2.26. The third-order valence-corrected chi connectivity index (χ3v) is 8.35. The minimum atomic E-state index is -4.03. The fourth-order valence-corrected chi connectivity index (χ4v) is 5.59. The van der Waals surface area contributed by atoms with Gasteiger partial charge in [0.15, 0.2) is 9.84 Å². The fraction of sp³-hybridized carbons (Fsp3) is 0.240. The molecular weight excluding hydrogens is 488 g/mol. The molecule has 1 amide bonds. The van der Waals surface area contributed by atoms with Crippen LogP contribution in [0.25, 0.3) is 0 Å². The molecule has 35 heavy (non-hydrogen) atoms. The minimum absolute atomic E-state index is 0.0621. The molecular formula is C25H28N2O6S2. The maximum absolute atomic E-state index is 13.4. The normalized spacial score (nSPS) is 12.5. The Labute approximate surface area is 206 Å². The van der Waals surface area contributed by atoms with Gasteiger partial charge in [0.25, 0.3) is 10.0 Å². The van der Waals surface area contributed by atoms with Crippen molar-refractivity contribution in [1.82, 2.24) is 5.32 Å². The Morgan fingerprint density at radius 3 is 2.00 bits per heavy atom. The number of carbonyl (C=O) groups is 1. The predicted molar refractivity (Wildman–Crippen MR) is 135 cm³/mol. The van der Waals surface area contributed by atoms with E-state index in [-0.39, 0.29) is 9.79 Å². The number of anilines is 1. The second kappa shape index (κ2) is 10.9. The molecule has 1 unspecified atom stereocenters. The Bertz CT molecular complexity index is 1360. The van der Waals surface area contributed by atoms with Crippen LogP contribution < -0.4 is 14.4 Å². The molecule has 1 atom stereocenters. The Kier molecular flexibility index (Phi) is 8.18. The first-order valence-electron chi connectivity index (χ1n) is 10.9. The third-order valence-electron chi connectivity index (χ3n) is 5.43. The number of nitrogens with one attached hydrogen (secondary N) is 1. The van der Waals surface area contributed by atoms with Gasteiger partial charge in [-0.05, 0) is 60.5 Å². The molecule has 1 N–H and O–H groups in total. The van der Waals surface area contributed by atoms with Crippen LogP contribution in [0, 0.1) is 0 Å². The van der Waals surface area contributed by atoms with Crippen molar-refractivity contribution in [1.29, 1.82) is 0 Å². The third kappa shape index (κ3) is 6.40. The lowest BCUT2D eigenvalue weighted by atomic mass is 10.0. The number of methoxy groups -OCH3 is 1. The summed E-state index contributed by atoms with van der Waals surface area (Å²) < 4.78 is 56.5.